The van der Waals surface area contributed by atoms with Gasteiger partial charge in [0.05, 0.1) is 25.4 Å². The number of nitrogens with one attached hydrogen (secondary N) is 2. The van der Waals surface area contributed by atoms with Crippen LogP contribution in [-0.4, -0.2) is 60.5 Å². The van der Waals surface area contributed by atoms with Crippen molar-refractivity contribution in [1.29, 1.82) is 0 Å². The van der Waals surface area contributed by atoms with Crippen LogP contribution in [0.1, 0.15) is 37.2 Å². The number of esters is 1. The number of nitrogens with two attached hydrogens (primary N) is 1. The molecule has 1 aromatic carbocycles. The summed E-state index contributed by atoms with van der Waals surface area (Å²) in [5, 5.41) is 3.55. The van der Waals surface area contributed by atoms with Gasteiger partial charge in [-0.3, -0.25) is 14.5 Å². The van der Waals surface area contributed by atoms with Crippen molar-refractivity contribution in [2.45, 2.75) is 32.7 Å². The summed E-state index contributed by atoms with van der Waals surface area (Å²) >= 11 is 0. The zero-order chi connectivity index (χ0) is 21.8. The number of carbonyl (C=O) groups is 3. The highest BCUT2D eigenvalue weighted by atomic mass is 16.5. The number of likely N-dealkylation sites (tertiary alicyclic amines) is 1. The topological polar surface area (TPSA) is 127 Å². The average molecular weight is 416 g/mol. The van der Waals surface area contributed by atoms with E-state index in [9.17, 15) is 14.4 Å². The Bertz CT molecular complexity index is 946. The van der Waals surface area contributed by atoms with Crippen molar-refractivity contribution in [1.82, 2.24) is 9.88 Å². The minimum absolute atomic E-state index is 0.145. The van der Waals surface area contributed by atoms with E-state index in [0.29, 0.717) is 48.3 Å². The fourth-order valence-corrected chi connectivity index (χ4v) is 3.75. The molecule has 1 aliphatic heterocycles. The number of aromatic nitrogens is 1. The molecule has 0 radical (unpaired) electrons. The van der Waals surface area contributed by atoms with Crippen LogP contribution < -0.4 is 15.8 Å². The Balaban J connectivity index is 1.84. The number of rotatable bonds is 7. The summed E-state index contributed by atoms with van der Waals surface area (Å²) in [6.45, 7) is 4.96. The Morgan fingerprint density at radius 2 is 2.00 bits per heavy atom. The number of fused-ring (bicyclic) bond motifs is 1. The molecule has 4 N–H and O–H groups in total. The fourth-order valence-electron chi connectivity index (χ4n) is 3.75. The normalized spacial score (nSPS) is 16.2. The summed E-state index contributed by atoms with van der Waals surface area (Å²) in [7, 11) is 1.55. The summed E-state index contributed by atoms with van der Waals surface area (Å²) in [6, 6.07) is 4.87. The van der Waals surface area contributed by atoms with Gasteiger partial charge in [-0.2, -0.15) is 0 Å². The number of hydrogen-bond acceptors (Lipinski definition) is 6. The predicted molar refractivity (Wildman–Crippen MR) is 112 cm³/mol. The Labute approximate surface area is 174 Å². The Morgan fingerprint density at radius 3 is 2.60 bits per heavy atom. The van der Waals surface area contributed by atoms with Crippen molar-refractivity contribution in [3.63, 3.8) is 0 Å². The quantitative estimate of drug-likeness (QED) is 0.592. The van der Waals surface area contributed by atoms with Gasteiger partial charge in [0.15, 0.2) is 0 Å². The minimum Gasteiger partial charge on any atom is -0.497 e. The van der Waals surface area contributed by atoms with Crippen LogP contribution in [0.15, 0.2) is 18.2 Å². The number of hydrogen-bond donors (Lipinski definition) is 3. The van der Waals surface area contributed by atoms with E-state index in [2.05, 4.69) is 10.3 Å². The predicted octanol–water partition coefficient (Wildman–Crippen LogP) is 1.88. The lowest BCUT2D eigenvalue weighted by molar-refractivity contribution is -0.124. The van der Waals surface area contributed by atoms with Gasteiger partial charge in [-0.15, -0.1) is 0 Å². The molecule has 0 unspecified atom stereocenters. The second-order valence-corrected chi connectivity index (χ2v) is 7.38. The zero-order valence-electron chi connectivity index (χ0n) is 17.5. The fraction of sp³-hybridized carbons (Fsp3) is 0.476. The molecule has 3 rings (SSSR count). The number of methoxy groups -OCH3 is 1. The lowest BCUT2D eigenvalue weighted by Crippen LogP contribution is -2.47. The highest BCUT2D eigenvalue weighted by Crippen LogP contribution is 2.32. The lowest BCUT2D eigenvalue weighted by Gasteiger charge is -2.34. The second-order valence-electron chi connectivity index (χ2n) is 7.38. The maximum atomic E-state index is 13.0. The van der Waals surface area contributed by atoms with Gasteiger partial charge in [0, 0.05) is 16.8 Å². The highest BCUT2D eigenvalue weighted by Gasteiger charge is 2.30. The second kappa shape index (κ2) is 9.17. The van der Waals surface area contributed by atoms with E-state index < -0.39 is 12.0 Å². The number of ether oxygens (including phenoxy) is 2. The molecule has 1 aliphatic rings. The Hall–Kier alpha value is -3.07. The smallest absolute Gasteiger partial charge is 0.356 e. The number of anilines is 1. The zero-order valence-corrected chi connectivity index (χ0v) is 17.5. The number of piperidine rings is 1. The van der Waals surface area contributed by atoms with Crippen molar-refractivity contribution in [2.75, 3.05) is 32.1 Å². The van der Waals surface area contributed by atoms with E-state index in [-0.39, 0.29) is 30.0 Å². The van der Waals surface area contributed by atoms with Crippen LogP contribution in [0.3, 0.4) is 0 Å². The van der Waals surface area contributed by atoms with E-state index in [0.717, 1.165) is 0 Å². The number of primary amides is 1. The first-order chi connectivity index (χ1) is 14.3. The molecule has 0 bridgehead atoms. The van der Waals surface area contributed by atoms with Crippen molar-refractivity contribution in [3.8, 4) is 5.75 Å². The van der Waals surface area contributed by atoms with Crippen LogP contribution in [-0.2, 0) is 14.3 Å². The standard InChI is InChI=1S/C21H28N4O5/c1-4-30-21(28)18-17(15-11-14(29-3)5-6-16(15)23-18)24-20(27)12(2)25-9-7-13(8-10-25)19(22)26/h5-6,11-13,23H,4,7-10H2,1-3H3,(H2,22,26)(H,24,27)/t12-/m1/s1. The summed E-state index contributed by atoms with van der Waals surface area (Å²) in [4.78, 5) is 41.9. The molecule has 9 heteroatoms. The summed E-state index contributed by atoms with van der Waals surface area (Å²) in [6.07, 6.45) is 1.26. The third-order valence-corrected chi connectivity index (χ3v) is 5.59. The van der Waals surface area contributed by atoms with Crippen LogP contribution in [0, 0.1) is 5.92 Å². The van der Waals surface area contributed by atoms with Crippen LogP contribution in [0.2, 0.25) is 0 Å². The van der Waals surface area contributed by atoms with E-state index in [1.807, 2.05) is 4.90 Å². The first-order valence-corrected chi connectivity index (χ1v) is 10.1. The molecule has 1 saturated heterocycles. The van der Waals surface area contributed by atoms with Gasteiger partial charge in [-0.05, 0) is 58.0 Å². The van der Waals surface area contributed by atoms with Crippen LogP contribution in [0.25, 0.3) is 10.9 Å². The lowest BCUT2D eigenvalue weighted by atomic mass is 9.95. The average Bonchev–Trinajstić information content (AvgIpc) is 3.11. The van der Waals surface area contributed by atoms with Gasteiger partial charge in [-0.25, -0.2) is 4.79 Å². The highest BCUT2D eigenvalue weighted by molar-refractivity contribution is 6.12. The summed E-state index contributed by atoms with van der Waals surface area (Å²) < 4.78 is 10.4. The first kappa shape index (κ1) is 21.6. The Kier molecular flexibility index (Phi) is 6.61. The number of carbonyl (C=O) groups excluding carboxylic acids is 3. The monoisotopic (exact) mass is 416 g/mol. The SMILES string of the molecule is CCOC(=O)c1[nH]c2ccc(OC)cc2c1NC(=O)[C@@H](C)N1CCC(C(N)=O)CC1. The van der Waals surface area contributed by atoms with Gasteiger partial charge in [0.2, 0.25) is 11.8 Å². The molecule has 1 fully saturated rings. The molecular formula is C21H28N4O5. The number of nitrogens with zero attached hydrogens (tertiary/aromatic N) is 1. The van der Waals surface area contributed by atoms with Gasteiger partial charge >= 0.3 is 5.97 Å². The molecule has 1 atom stereocenters. The van der Waals surface area contributed by atoms with Crippen LogP contribution in [0.4, 0.5) is 5.69 Å². The van der Waals surface area contributed by atoms with E-state index in [4.69, 9.17) is 15.2 Å². The van der Waals surface area contributed by atoms with E-state index in [1.165, 1.54) is 0 Å². The van der Waals surface area contributed by atoms with Crippen molar-refractivity contribution < 1.29 is 23.9 Å². The maximum absolute atomic E-state index is 13.0. The molecule has 0 saturated carbocycles. The van der Waals surface area contributed by atoms with Crippen molar-refractivity contribution in [3.05, 3.63) is 23.9 Å². The minimum atomic E-state index is -0.544. The van der Waals surface area contributed by atoms with Crippen LogP contribution in [0.5, 0.6) is 5.75 Å². The molecule has 0 spiro atoms. The largest absolute Gasteiger partial charge is 0.497 e. The first-order valence-electron chi connectivity index (χ1n) is 10.1. The summed E-state index contributed by atoms with van der Waals surface area (Å²) in [5.41, 5.74) is 6.63. The third kappa shape index (κ3) is 4.40. The van der Waals surface area contributed by atoms with Crippen molar-refractivity contribution >= 4 is 34.4 Å². The third-order valence-electron chi connectivity index (χ3n) is 5.59. The van der Waals surface area contributed by atoms with Crippen LogP contribution >= 0.6 is 0 Å². The van der Waals surface area contributed by atoms with E-state index >= 15 is 0 Å². The molecule has 2 aromatic rings. The van der Waals surface area contributed by atoms with Crippen molar-refractivity contribution in [2.24, 2.45) is 11.7 Å². The molecule has 1 aromatic heterocycles. The molecule has 162 valence electrons. The van der Waals surface area contributed by atoms with E-state index in [1.54, 1.807) is 39.2 Å². The molecule has 2 heterocycles. The molecule has 30 heavy (non-hydrogen) atoms. The summed E-state index contributed by atoms with van der Waals surface area (Å²) in [5.74, 6) is -0.625. The number of H-pyrrole nitrogens is 1. The number of benzene rings is 1. The van der Waals surface area contributed by atoms with Gasteiger partial charge in [0.1, 0.15) is 11.4 Å². The maximum Gasteiger partial charge on any atom is 0.356 e. The number of amides is 2. The van der Waals surface area contributed by atoms with Gasteiger partial charge in [0.25, 0.3) is 0 Å². The molecular weight excluding hydrogens is 388 g/mol. The van der Waals surface area contributed by atoms with Gasteiger partial charge < -0.3 is 25.5 Å². The number of aromatic amines is 1. The molecule has 9 nitrogen and oxygen atoms in total. The molecule has 0 aliphatic carbocycles. The molecule has 2 amide bonds. The Morgan fingerprint density at radius 1 is 1.30 bits per heavy atom. The van der Waals surface area contributed by atoms with Gasteiger partial charge in [-0.1, -0.05) is 0 Å².